The van der Waals surface area contributed by atoms with Gasteiger partial charge in [-0.3, -0.25) is 4.79 Å². The van der Waals surface area contributed by atoms with Crippen molar-refractivity contribution in [1.82, 2.24) is 0 Å². The molecule has 0 bridgehead atoms. The first-order valence-electron chi connectivity index (χ1n) is 5.16. The summed E-state index contributed by atoms with van der Waals surface area (Å²) in [4.78, 5) is 13.2. The molecule has 0 N–H and O–H groups in total. The van der Waals surface area contributed by atoms with Gasteiger partial charge < -0.3 is 4.90 Å². The average Bonchev–Trinajstić information content (AvgIpc) is 2.71. The molecule has 1 aliphatic heterocycles. The monoisotopic (exact) mass is 301 g/mol. The van der Waals surface area contributed by atoms with E-state index >= 15 is 0 Å². The lowest BCUT2D eigenvalue weighted by Gasteiger charge is -2.16. The number of carbonyl (C=O) groups excluding carboxylic acids is 1. The van der Waals surface area contributed by atoms with Gasteiger partial charge in [0.25, 0.3) is 5.91 Å². The summed E-state index contributed by atoms with van der Waals surface area (Å²) in [5, 5.41) is 0. The van der Waals surface area contributed by atoms with Crippen LogP contribution in [0.1, 0.15) is 12.5 Å². The van der Waals surface area contributed by atoms with Crippen molar-refractivity contribution in [3.05, 3.63) is 39.9 Å². The van der Waals surface area contributed by atoms with Crippen LogP contribution >= 0.6 is 15.9 Å². The van der Waals surface area contributed by atoms with E-state index in [1.54, 1.807) is 13.0 Å². The summed E-state index contributed by atoms with van der Waals surface area (Å²) in [5.74, 6) is -1.98. The largest absolute Gasteiger partial charge is 0.307 e. The van der Waals surface area contributed by atoms with Gasteiger partial charge in [0.2, 0.25) is 0 Å². The van der Waals surface area contributed by atoms with E-state index in [-0.39, 0.29) is 11.5 Å². The average molecular weight is 302 g/mol. The lowest BCUT2D eigenvalue weighted by molar-refractivity contribution is -0.114. The van der Waals surface area contributed by atoms with Crippen LogP contribution in [-0.4, -0.2) is 12.5 Å². The van der Waals surface area contributed by atoms with E-state index in [1.165, 1.54) is 11.0 Å². The minimum absolute atomic E-state index is 0.224. The molecule has 2 nitrogen and oxygen atoms in total. The van der Waals surface area contributed by atoms with Crippen LogP contribution in [0.4, 0.5) is 14.5 Å². The molecule has 1 heterocycles. The topological polar surface area (TPSA) is 20.3 Å². The van der Waals surface area contributed by atoms with Gasteiger partial charge in [-0.25, -0.2) is 8.78 Å². The fraction of sp³-hybridized carbons (Fsp3) is 0.250. The number of allylic oxidation sites excluding steroid dienone is 1. The van der Waals surface area contributed by atoms with Gasteiger partial charge in [-0.15, -0.1) is 0 Å². The Kier molecular flexibility index (Phi) is 3.28. The number of nitrogens with zero attached hydrogens (tertiary/aromatic N) is 1. The Labute approximate surface area is 106 Å². The van der Waals surface area contributed by atoms with Crippen molar-refractivity contribution in [2.24, 2.45) is 0 Å². The lowest BCUT2D eigenvalue weighted by atomic mass is 10.1. The molecule has 17 heavy (non-hydrogen) atoms. The SMILES string of the molecule is C/C=C/C(=O)N1CCc2c(F)c(F)cc(Br)c21. The number of rotatable bonds is 1. The molecule has 1 aromatic carbocycles. The highest BCUT2D eigenvalue weighted by atomic mass is 79.9. The van der Waals surface area contributed by atoms with E-state index in [1.807, 2.05) is 0 Å². The molecule has 1 amide bonds. The van der Waals surface area contributed by atoms with Gasteiger partial charge in [-0.05, 0) is 41.4 Å². The standard InChI is InChI=1S/C12H10BrF2NO/c1-2-3-10(17)16-5-4-7-11(15)9(14)6-8(13)12(7)16/h2-3,6H,4-5H2,1H3/b3-2+. The van der Waals surface area contributed by atoms with Crippen molar-refractivity contribution >= 4 is 27.5 Å². The fourth-order valence-corrected chi connectivity index (χ4v) is 2.60. The maximum absolute atomic E-state index is 13.6. The van der Waals surface area contributed by atoms with Gasteiger partial charge in [0.1, 0.15) is 0 Å². The van der Waals surface area contributed by atoms with E-state index in [0.29, 0.717) is 23.1 Å². The number of hydrogen-bond donors (Lipinski definition) is 0. The molecule has 0 saturated carbocycles. The number of carbonyl (C=O) groups is 1. The number of amides is 1. The third-order valence-electron chi connectivity index (χ3n) is 2.67. The van der Waals surface area contributed by atoms with Crippen LogP contribution < -0.4 is 4.90 Å². The molecule has 0 spiro atoms. The predicted octanol–water partition coefficient (Wildman–Crippen LogP) is 3.19. The number of benzene rings is 1. The summed E-state index contributed by atoms with van der Waals surface area (Å²) in [5.41, 5.74) is 0.696. The van der Waals surface area contributed by atoms with Gasteiger partial charge >= 0.3 is 0 Å². The molecule has 5 heteroatoms. The maximum atomic E-state index is 13.6. The van der Waals surface area contributed by atoms with Crippen LogP contribution in [-0.2, 0) is 11.2 Å². The minimum Gasteiger partial charge on any atom is -0.307 e. The molecule has 0 atom stereocenters. The van der Waals surface area contributed by atoms with Crippen LogP contribution in [0.5, 0.6) is 0 Å². The van der Waals surface area contributed by atoms with Crippen LogP contribution in [0, 0.1) is 11.6 Å². The van der Waals surface area contributed by atoms with Gasteiger partial charge in [0, 0.05) is 16.6 Å². The minimum atomic E-state index is -0.893. The summed E-state index contributed by atoms with van der Waals surface area (Å²) in [6, 6.07) is 1.05. The maximum Gasteiger partial charge on any atom is 0.250 e. The summed E-state index contributed by atoms with van der Waals surface area (Å²) in [6.07, 6.45) is 3.36. The summed E-state index contributed by atoms with van der Waals surface area (Å²) < 4.78 is 27.1. The molecule has 0 radical (unpaired) electrons. The Bertz CT molecular complexity index is 514. The van der Waals surface area contributed by atoms with E-state index in [2.05, 4.69) is 15.9 Å². The van der Waals surface area contributed by atoms with Crippen LogP contribution in [0.3, 0.4) is 0 Å². The van der Waals surface area contributed by atoms with E-state index in [9.17, 15) is 13.6 Å². The fourth-order valence-electron chi connectivity index (χ4n) is 1.94. The Morgan fingerprint density at radius 2 is 2.24 bits per heavy atom. The van der Waals surface area contributed by atoms with E-state index < -0.39 is 11.6 Å². The number of hydrogen-bond acceptors (Lipinski definition) is 1. The molecule has 0 aromatic heterocycles. The smallest absolute Gasteiger partial charge is 0.250 e. The predicted molar refractivity (Wildman–Crippen MR) is 64.9 cm³/mol. The molecule has 0 aliphatic carbocycles. The lowest BCUT2D eigenvalue weighted by Crippen LogP contribution is -2.27. The Morgan fingerprint density at radius 3 is 2.88 bits per heavy atom. The number of anilines is 1. The third-order valence-corrected chi connectivity index (χ3v) is 3.28. The van der Waals surface area contributed by atoms with Crippen LogP contribution in [0.15, 0.2) is 22.7 Å². The van der Waals surface area contributed by atoms with Crippen molar-refractivity contribution in [3.63, 3.8) is 0 Å². The molecule has 90 valence electrons. The quantitative estimate of drug-likeness (QED) is 0.576. The molecule has 1 aromatic rings. The Hall–Kier alpha value is -1.23. The van der Waals surface area contributed by atoms with Crippen molar-refractivity contribution < 1.29 is 13.6 Å². The first kappa shape index (κ1) is 12.2. The first-order chi connectivity index (χ1) is 8.06. The highest BCUT2D eigenvalue weighted by molar-refractivity contribution is 9.10. The zero-order chi connectivity index (χ0) is 12.6. The highest BCUT2D eigenvalue weighted by Crippen LogP contribution is 2.38. The van der Waals surface area contributed by atoms with Crippen LogP contribution in [0.25, 0.3) is 0 Å². The number of fused-ring (bicyclic) bond motifs is 1. The second-order valence-electron chi connectivity index (χ2n) is 3.72. The van der Waals surface area contributed by atoms with Crippen LogP contribution in [0.2, 0.25) is 0 Å². The summed E-state index contributed by atoms with van der Waals surface area (Å²) in [6.45, 7) is 2.10. The second-order valence-corrected chi connectivity index (χ2v) is 4.58. The van der Waals surface area contributed by atoms with Gasteiger partial charge in [0.15, 0.2) is 11.6 Å². The third kappa shape index (κ3) is 1.99. The molecule has 0 fully saturated rings. The van der Waals surface area contributed by atoms with Crippen molar-refractivity contribution in [3.8, 4) is 0 Å². The van der Waals surface area contributed by atoms with E-state index in [0.717, 1.165) is 6.07 Å². The summed E-state index contributed by atoms with van der Waals surface area (Å²) >= 11 is 3.17. The molecular weight excluding hydrogens is 292 g/mol. The zero-order valence-corrected chi connectivity index (χ0v) is 10.7. The molecular formula is C12H10BrF2NO. The van der Waals surface area contributed by atoms with Crippen molar-refractivity contribution in [2.75, 3.05) is 11.4 Å². The first-order valence-corrected chi connectivity index (χ1v) is 5.96. The van der Waals surface area contributed by atoms with Crippen molar-refractivity contribution in [1.29, 1.82) is 0 Å². The highest BCUT2D eigenvalue weighted by Gasteiger charge is 2.29. The molecule has 0 saturated heterocycles. The normalized spacial score (nSPS) is 14.5. The van der Waals surface area contributed by atoms with Crippen molar-refractivity contribution in [2.45, 2.75) is 13.3 Å². The molecule has 0 unspecified atom stereocenters. The zero-order valence-electron chi connectivity index (χ0n) is 9.14. The van der Waals surface area contributed by atoms with Gasteiger partial charge in [0.05, 0.1) is 5.69 Å². The summed E-state index contributed by atoms with van der Waals surface area (Å²) in [7, 11) is 0. The molecule has 2 rings (SSSR count). The Morgan fingerprint density at radius 1 is 1.53 bits per heavy atom. The van der Waals surface area contributed by atoms with Gasteiger partial charge in [-0.1, -0.05) is 6.08 Å². The van der Waals surface area contributed by atoms with E-state index in [4.69, 9.17) is 0 Å². The molecule has 1 aliphatic rings. The number of halogens is 3. The van der Waals surface area contributed by atoms with Gasteiger partial charge in [-0.2, -0.15) is 0 Å². The second kappa shape index (κ2) is 4.56. The Balaban J connectivity index is 2.52.